The van der Waals surface area contributed by atoms with E-state index in [1.54, 1.807) is 13.0 Å². The molecule has 2 aromatic rings. The Morgan fingerprint density at radius 3 is 2.48 bits per heavy atom. The van der Waals surface area contributed by atoms with E-state index in [-0.39, 0.29) is 30.3 Å². The molecule has 166 valence electrons. The summed E-state index contributed by atoms with van der Waals surface area (Å²) in [5, 5.41) is 23.6. The van der Waals surface area contributed by atoms with E-state index in [9.17, 15) is 28.2 Å². The second-order valence-corrected chi connectivity index (χ2v) is 8.62. The van der Waals surface area contributed by atoms with Gasteiger partial charge in [-0.3, -0.25) is 4.79 Å². The third-order valence-electron chi connectivity index (χ3n) is 6.35. The van der Waals surface area contributed by atoms with Gasteiger partial charge >= 0.3 is 0 Å². The van der Waals surface area contributed by atoms with E-state index in [1.165, 1.54) is 17.0 Å². The third-order valence-corrected chi connectivity index (χ3v) is 6.35. The number of hydrogen-bond donors (Lipinski definition) is 3. The van der Waals surface area contributed by atoms with Gasteiger partial charge in [0.25, 0.3) is 5.91 Å². The molecule has 0 radical (unpaired) electrons. The maximum atomic E-state index is 14.6. The Morgan fingerprint density at radius 2 is 1.81 bits per heavy atom. The molecular weight excluding hydrogens is 409 g/mol. The summed E-state index contributed by atoms with van der Waals surface area (Å²) in [6, 6.07) is 6.22. The summed E-state index contributed by atoms with van der Waals surface area (Å²) < 4.78 is 42.7. The van der Waals surface area contributed by atoms with Crippen molar-refractivity contribution in [2.45, 2.75) is 44.3 Å². The molecule has 0 bridgehead atoms. The van der Waals surface area contributed by atoms with Gasteiger partial charge in [0.05, 0.1) is 36.1 Å². The number of β-amino-alcohol motifs (C(OH)–C–C–N with tert-alkyl or cyclic N) is 1. The second-order valence-electron chi connectivity index (χ2n) is 8.62. The van der Waals surface area contributed by atoms with Crippen LogP contribution in [0, 0.1) is 30.3 Å². The number of nitrogens with one attached hydrogen (secondary N) is 1. The fraction of sp³-hybridized carbons (Fsp3) is 0.435. The molecule has 2 aliphatic rings. The summed E-state index contributed by atoms with van der Waals surface area (Å²) in [7, 11) is 0. The standard InChI is InChI=1S/C23H25F3N2O3/c1-13-6-9-18(17(25)10-13)27-21-14(7-8-16(24)20(21)26)22(30)28-11-23(31,12-28)15-4-2-3-5-19(15)29/h6-10,15,19,27,29,31H,2-5,11-12H2,1H3/t15?,19-/m0/s1. The van der Waals surface area contributed by atoms with Crippen molar-refractivity contribution >= 4 is 17.3 Å². The van der Waals surface area contributed by atoms with Crippen molar-refractivity contribution in [3.05, 3.63) is 58.9 Å². The van der Waals surface area contributed by atoms with E-state index in [0.717, 1.165) is 25.0 Å². The number of rotatable bonds is 4. The van der Waals surface area contributed by atoms with Crippen LogP contribution in [0.15, 0.2) is 30.3 Å². The molecule has 1 amide bonds. The number of likely N-dealkylation sites (tertiary alicyclic amines) is 1. The first-order valence-electron chi connectivity index (χ1n) is 10.4. The van der Waals surface area contributed by atoms with Gasteiger partial charge in [-0.1, -0.05) is 18.9 Å². The normalized spacial score (nSPS) is 22.7. The summed E-state index contributed by atoms with van der Waals surface area (Å²) in [5.74, 6) is -4.05. The van der Waals surface area contributed by atoms with Gasteiger partial charge in [-0.2, -0.15) is 0 Å². The number of aliphatic hydroxyl groups excluding tert-OH is 1. The van der Waals surface area contributed by atoms with Crippen LogP contribution in [0.1, 0.15) is 41.6 Å². The van der Waals surface area contributed by atoms with E-state index in [0.29, 0.717) is 18.4 Å². The van der Waals surface area contributed by atoms with Gasteiger partial charge < -0.3 is 20.4 Å². The summed E-state index contributed by atoms with van der Waals surface area (Å²) in [5.41, 5.74) is -1.26. The zero-order valence-corrected chi connectivity index (χ0v) is 17.2. The highest BCUT2D eigenvalue weighted by Gasteiger charge is 2.52. The van der Waals surface area contributed by atoms with E-state index in [4.69, 9.17) is 0 Å². The minimum atomic E-state index is -1.29. The van der Waals surface area contributed by atoms with Gasteiger partial charge in [0, 0.05) is 5.92 Å². The molecule has 3 N–H and O–H groups in total. The maximum absolute atomic E-state index is 14.6. The molecule has 8 heteroatoms. The molecule has 2 aromatic carbocycles. The summed E-state index contributed by atoms with van der Waals surface area (Å²) >= 11 is 0. The first kappa shape index (κ1) is 21.6. The minimum absolute atomic E-state index is 0.00904. The van der Waals surface area contributed by atoms with Crippen LogP contribution in [0.25, 0.3) is 0 Å². The highest BCUT2D eigenvalue weighted by atomic mass is 19.2. The van der Waals surface area contributed by atoms with Crippen LogP contribution < -0.4 is 5.32 Å². The SMILES string of the molecule is Cc1ccc(Nc2c(C(=O)N3CC(O)(C4CCCC[C@@H]4O)C3)ccc(F)c2F)c(F)c1. The number of nitrogens with zero attached hydrogens (tertiary/aromatic N) is 1. The van der Waals surface area contributed by atoms with E-state index >= 15 is 0 Å². The van der Waals surface area contributed by atoms with Crippen molar-refractivity contribution in [3.8, 4) is 0 Å². The molecule has 1 saturated heterocycles. The van der Waals surface area contributed by atoms with Crippen molar-refractivity contribution in [1.82, 2.24) is 4.90 Å². The number of benzene rings is 2. The fourth-order valence-electron chi connectivity index (χ4n) is 4.61. The predicted molar refractivity (Wildman–Crippen MR) is 110 cm³/mol. The summed E-state index contributed by atoms with van der Waals surface area (Å²) in [6.45, 7) is 1.68. The molecule has 31 heavy (non-hydrogen) atoms. The van der Waals surface area contributed by atoms with Crippen LogP contribution in [0.3, 0.4) is 0 Å². The average Bonchev–Trinajstić information content (AvgIpc) is 2.71. The van der Waals surface area contributed by atoms with Gasteiger partial charge in [0.1, 0.15) is 11.4 Å². The van der Waals surface area contributed by atoms with Gasteiger partial charge in [0.2, 0.25) is 0 Å². The average molecular weight is 434 g/mol. The number of aliphatic hydroxyl groups is 2. The zero-order valence-electron chi connectivity index (χ0n) is 17.2. The van der Waals surface area contributed by atoms with Gasteiger partial charge in [-0.25, -0.2) is 13.2 Å². The molecule has 2 fully saturated rings. The third kappa shape index (κ3) is 4.02. The lowest BCUT2D eigenvalue weighted by Gasteiger charge is -2.52. The molecule has 1 aliphatic heterocycles. The molecular formula is C23H25F3N2O3. The van der Waals surface area contributed by atoms with Gasteiger partial charge in [-0.05, 0) is 49.6 Å². The topological polar surface area (TPSA) is 72.8 Å². The van der Waals surface area contributed by atoms with Crippen molar-refractivity contribution < 1.29 is 28.2 Å². The van der Waals surface area contributed by atoms with Crippen LogP contribution in [-0.2, 0) is 0 Å². The quantitative estimate of drug-likeness (QED) is 0.683. The molecule has 1 aliphatic carbocycles. The monoisotopic (exact) mass is 434 g/mol. The van der Waals surface area contributed by atoms with Crippen LogP contribution >= 0.6 is 0 Å². The van der Waals surface area contributed by atoms with Gasteiger partial charge in [0.15, 0.2) is 11.6 Å². The Hall–Kier alpha value is -2.58. The molecule has 0 aromatic heterocycles. The number of anilines is 2. The van der Waals surface area contributed by atoms with Crippen molar-refractivity contribution in [2.75, 3.05) is 18.4 Å². The Morgan fingerprint density at radius 1 is 1.10 bits per heavy atom. The highest BCUT2D eigenvalue weighted by Crippen LogP contribution is 2.40. The molecule has 4 rings (SSSR count). The number of aryl methyl sites for hydroxylation is 1. The van der Waals surface area contributed by atoms with E-state index in [2.05, 4.69) is 5.32 Å². The second kappa shape index (κ2) is 8.16. The first-order valence-corrected chi connectivity index (χ1v) is 10.4. The lowest BCUT2D eigenvalue weighted by atomic mass is 9.71. The Kier molecular flexibility index (Phi) is 5.70. The van der Waals surface area contributed by atoms with Crippen LogP contribution in [0.4, 0.5) is 24.5 Å². The molecule has 1 heterocycles. The molecule has 1 saturated carbocycles. The van der Waals surface area contributed by atoms with Crippen LogP contribution in [0.5, 0.6) is 0 Å². The number of amides is 1. The van der Waals surface area contributed by atoms with Crippen LogP contribution in [0.2, 0.25) is 0 Å². The van der Waals surface area contributed by atoms with Crippen molar-refractivity contribution in [3.63, 3.8) is 0 Å². The fourth-order valence-corrected chi connectivity index (χ4v) is 4.61. The van der Waals surface area contributed by atoms with E-state index in [1.807, 2.05) is 0 Å². The Bertz CT molecular complexity index is 1010. The number of carbonyl (C=O) groups excluding carboxylic acids is 1. The number of carbonyl (C=O) groups is 1. The maximum Gasteiger partial charge on any atom is 0.256 e. The number of halogens is 3. The molecule has 1 unspecified atom stereocenters. The van der Waals surface area contributed by atoms with Gasteiger partial charge in [-0.15, -0.1) is 0 Å². The number of hydrogen-bond acceptors (Lipinski definition) is 4. The van der Waals surface area contributed by atoms with Crippen LogP contribution in [-0.4, -0.2) is 45.8 Å². The molecule has 5 nitrogen and oxygen atoms in total. The van der Waals surface area contributed by atoms with Crippen molar-refractivity contribution in [2.24, 2.45) is 5.92 Å². The first-order chi connectivity index (χ1) is 14.7. The predicted octanol–water partition coefficient (Wildman–Crippen LogP) is 3.89. The zero-order chi connectivity index (χ0) is 22.3. The highest BCUT2D eigenvalue weighted by molar-refractivity contribution is 6.01. The Labute approximate surface area is 178 Å². The van der Waals surface area contributed by atoms with E-state index < -0.39 is 40.8 Å². The summed E-state index contributed by atoms with van der Waals surface area (Å²) in [4.78, 5) is 14.3. The summed E-state index contributed by atoms with van der Waals surface area (Å²) in [6.07, 6.45) is 2.46. The molecule has 2 atom stereocenters. The lowest BCUT2D eigenvalue weighted by molar-refractivity contribution is -0.156. The lowest BCUT2D eigenvalue weighted by Crippen LogP contribution is -2.68. The van der Waals surface area contributed by atoms with Crippen molar-refractivity contribution in [1.29, 1.82) is 0 Å². The minimum Gasteiger partial charge on any atom is -0.393 e. The Balaban J connectivity index is 1.57. The largest absolute Gasteiger partial charge is 0.393 e. The smallest absolute Gasteiger partial charge is 0.256 e. The molecule has 0 spiro atoms.